The number of nitriles is 1. The Kier molecular flexibility index (Phi) is 3.11. The van der Waals surface area contributed by atoms with Crippen LogP contribution in [-0.4, -0.2) is 5.78 Å². The van der Waals surface area contributed by atoms with Crippen molar-refractivity contribution in [2.24, 2.45) is 0 Å². The molecule has 2 N–H and O–H groups in total. The van der Waals surface area contributed by atoms with Crippen LogP contribution in [0.4, 0.5) is 5.69 Å². The monoisotopic (exact) mass is 236 g/mol. The van der Waals surface area contributed by atoms with E-state index in [0.717, 1.165) is 0 Å². The Morgan fingerprint density at radius 1 is 1.17 bits per heavy atom. The molecule has 0 aromatic heterocycles. The predicted molar refractivity (Wildman–Crippen MR) is 70.2 cm³/mol. The van der Waals surface area contributed by atoms with Gasteiger partial charge in [-0.25, -0.2) is 0 Å². The Morgan fingerprint density at radius 3 is 2.44 bits per heavy atom. The van der Waals surface area contributed by atoms with Gasteiger partial charge in [-0.2, -0.15) is 5.26 Å². The topological polar surface area (TPSA) is 66.9 Å². The number of hydrogen-bond acceptors (Lipinski definition) is 3. The number of nitrogens with two attached hydrogens (primary N) is 1. The van der Waals surface area contributed by atoms with Crippen LogP contribution in [0.1, 0.15) is 27.0 Å². The SMILES string of the molecule is Cc1c(C(=O)c2ccccc2)ccc(N)c1C#N. The standard InChI is InChI=1S/C15H12N2O/c1-10-12(7-8-14(17)13(10)9-16)15(18)11-5-3-2-4-6-11/h2-8H,17H2,1H3. The van der Waals surface area contributed by atoms with Gasteiger partial charge in [0.2, 0.25) is 0 Å². The number of carbonyl (C=O) groups excluding carboxylic acids is 1. The highest BCUT2D eigenvalue weighted by atomic mass is 16.1. The van der Waals surface area contributed by atoms with E-state index in [4.69, 9.17) is 11.0 Å². The number of carbonyl (C=O) groups is 1. The van der Waals surface area contributed by atoms with E-state index in [2.05, 4.69) is 0 Å². The number of benzene rings is 2. The van der Waals surface area contributed by atoms with Gasteiger partial charge in [-0.3, -0.25) is 4.79 Å². The van der Waals surface area contributed by atoms with Gasteiger partial charge in [-0.15, -0.1) is 0 Å². The molecule has 0 radical (unpaired) electrons. The van der Waals surface area contributed by atoms with Gasteiger partial charge in [0.15, 0.2) is 5.78 Å². The molecule has 88 valence electrons. The van der Waals surface area contributed by atoms with Gasteiger partial charge in [0, 0.05) is 16.8 Å². The third-order valence-electron chi connectivity index (χ3n) is 2.89. The minimum absolute atomic E-state index is 0.0930. The van der Waals surface area contributed by atoms with Crippen LogP contribution in [-0.2, 0) is 0 Å². The third kappa shape index (κ3) is 1.96. The summed E-state index contributed by atoms with van der Waals surface area (Å²) in [5.41, 5.74) is 8.24. The Morgan fingerprint density at radius 2 is 1.83 bits per heavy atom. The molecule has 3 nitrogen and oxygen atoms in total. The summed E-state index contributed by atoms with van der Waals surface area (Å²) in [7, 11) is 0. The maximum absolute atomic E-state index is 12.3. The Balaban J connectivity index is 2.54. The molecule has 0 atom stereocenters. The summed E-state index contributed by atoms with van der Waals surface area (Å²) in [6.45, 7) is 1.74. The number of nitrogen functional groups attached to an aromatic ring is 1. The summed E-state index contributed by atoms with van der Waals surface area (Å²) in [6.07, 6.45) is 0. The second-order valence-electron chi connectivity index (χ2n) is 4.01. The van der Waals surface area contributed by atoms with Gasteiger partial charge < -0.3 is 5.73 Å². The first kappa shape index (κ1) is 11.9. The molecule has 2 rings (SSSR count). The first-order chi connectivity index (χ1) is 8.65. The normalized spacial score (nSPS) is 9.78. The lowest BCUT2D eigenvalue weighted by Gasteiger charge is -2.08. The molecule has 0 heterocycles. The molecule has 0 spiro atoms. The van der Waals surface area contributed by atoms with Crippen LogP contribution in [0.2, 0.25) is 0 Å². The van der Waals surface area contributed by atoms with Crippen LogP contribution in [0.15, 0.2) is 42.5 Å². The van der Waals surface area contributed by atoms with E-state index in [1.54, 1.807) is 31.2 Å². The summed E-state index contributed by atoms with van der Waals surface area (Å²) in [5.74, 6) is -0.0930. The smallest absolute Gasteiger partial charge is 0.193 e. The van der Waals surface area contributed by atoms with Gasteiger partial charge in [0.25, 0.3) is 0 Å². The van der Waals surface area contributed by atoms with E-state index in [1.165, 1.54) is 0 Å². The Labute approximate surface area is 105 Å². The lowest BCUT2D eigenvalue weighted by Crippen LogP contribution is -2.06. The second kappa shape index (κ2) is 4.72. The Hall–Kier alpha value is -2.60. The molecule has 0 aliphatic rings. The second-order valence-corrected chi connectivity index (χ2v) is 4.01. The van der Waals surface area contributed by atoms with Gasteiger partial charge in [0.1, 0.15) is 6.07 Å². The first-order valence-corrected chi connectivity index (χ1v) is 5.54. The van der Waals surface area contributed by atoms with Crippen molar-refractivity contribution in [3.63, 3.8) is 0 Å². The average molecular weight is 236 g/mol. The summed E-state index contributed by atoms with van der Waals surface area (Å²) >= 11 is 0. The molecule has 18 heavy (non-hydrogen) atoms. The van der Waals surface area contributed by atoms with Crippen LogP contribution in [0.25, 0.3) is 0 Å². The molecule has 0 bridgehead atoms. The summed E-state index contributed by atoms with van der Waals surface area (Å²) in [6, 6.07) is 14.3. The average Bonchev–Trinajstić information content (AvgIpc) is 2.40. The molecule has 0 saturated heterocycles. The molecule has 0 aliphatic carbocycles. The van der Waals surface area contributed by atoms with E-state index in [-0.39, 0.29) is 5.78 Å². The lowest BCUT2D eigenvalue weighted by molar-refractivity contribution is 0.103. The quantitative estimate of drug-likeness (QED) is 0.644. The number of anilines is 1. The van der Waals surface area contributed by atoms with Crippen LogP contribution >= 0.6 is 0 Å². The fraction of sp³-hybridized carbons (Fsp3) is 0.0667. The minimum atomic E-state index is -0.0930. The van der Waals surface area contributed by atoms with Crippen molar-refractivity contribution in [2.75, 3.05) is 5.73 Å². The molecule has 2 aromatic carbocycles. The molecular formula is C15H12N2O. The number of hydrogen-bond donors (Lipinski definition) is 1. The predicted octanol–water partition coefficient (Wildman–Crippen LogP) is 2.68. The summed E-state index contributed by atoms with van der Waals surface area (Å²) in [5, 5.41) is 9.03. The minimum Gasteiger partial charge on any atom is -0.398 e. The molecule has 3 heteroatoms. The maximum Gasteiger partial charge on any atom is 0.193 e. The van der Waals surface area contributed by atoms with E-state index in [1.807, 2.05) is 24.3 Å². The van der Waals surface area contributed by atoms with Crippen LogP contribution < -0.4 is 5.73 Å². The van der Waals surface area contributed by atoms with Crippen molar-refractivity contribution >= 4 is 11.5 Å². The molecular weight excluding hydrogens is 224 g/mol. The fourth-order valence-electron chi connectivity index (χ4n) is 1.87. The van der Waals surface area contributed by atoms with Crippen LogP contribution in [0.5, 0.6) is 0 Å². The summed E-state index contributed by atoms with van der Waals surface area (Å²) in [4.78, 5) is 12.3. The molecule has 0 aliphatic heterocycles. The highest BCUT2D eigenvalue weighted by molar-refractivity contribution is 6.10. The zero-order valence-electron chi connectivity index (χ0n) is 9.97. The van der Waals surface area contributed by atoms with E-state index in [9.17, 15) is 4.79 Å². The van der Waals surface area contributed by atoms with Gasteiger partial charge in [0.05, 0.1) is 5.56 Å². The van der Waals surface area contributed by atoms with Crippen molar-refractivity contribution in [1.29, 1.82) is 5.26 Å². The van der Waals surface area contributed by atoms with Crippen molar-refractivity contribution in [1.82, 2.24) is 0 Å². The van der Waals surface area contributed by atoms with Crippen LogP contribution in [0.3, 0.4) is 0 Å². The lowest BCUT2D eigenvalue weighted by atomic mass is 9.95. The zero-order valence-corrected chi connectivity index (χ0v) is 9.97. The summed E-state index contributed by atoms with van der Waals surface area (Å²) < 4.78 is 0. The maximum atomic E-state index is 12.3. The van der Waals surface area contributed by atoms with E-state index in [0.29, 0.717) is 27.9 Å². The zero-order chi connectivity index (χ0) is 13.1. The van der Waals surface area contributed by atoms with E-state index >= 15 is 0 Å². The molecule has 0 saturated carbocycles. The van der Waals surface area contributed by atoms with E-state index < -0.39 is 0 Å². The van der Waals surface area contributed by atoms with Gasteiger partial charge in [-0.05, 0) is 24.6 Å². The number of nitrogens with zero attached hydrogens (tertiary/aromatic N) is 1. The molecule has 0 unspecified atom stereocenters. The number of rotatable bonds is 2. The van der Waals surface area contributed by atoms with Gasteiger partial charge >= 0.3 is 0 Å². The van der Waals surface area contributed by atoms with Gasteiger partial charge in [-0.1, -0.05) is 30.3 Å². The molecule has 0 amide bonds. The van der Waals surface area contributed by atoms with Crippen LogP contribution in [0, 0.1) is 18.3 Å². The van der Waals surface area contributed by atoms with Crippen molar-refractivity contribution < 1.29 is 4.79 Å². The molecule has 0 fully saturated rings. The van der Waals surface area contributed by atoms with Crippen molar-refractivity contribution in [3.8, 4) is 6.07 Å². The Bertz CT molecular complexity index is 640. The highest BCUT2D eigenvalue weighted by Crippen LogP contribution is 2.22. The number of ketones is 1. The largest absolute Gasteiger partial charge is 0.398 e. The fourth-order valence-corrected chi connectivity index (χ4v) is 1.87. The van der Waals surface area contributed by atoms with Crippen molar-refractivity contribution in [2.45, 2.75) is 6.92 Å². The van der Waals surface area contributed by atoms with Crippen molar-refractivity contribution in [3.05, 3.63) is 64.7 Å². The first-order valence-electron chi connectivity index (χ1n) is 5.54. The molecule has 2 aromatic rings. The highest BCUT2D eigenvalue weighted by Gasteiger charge is 2.15. The third-order valence-corrected chi connectivity index (χ3v) is 2.89.